The van der Waals surface area contributed by atoms with Crippen molar-refractivity contribution in [2.24, 2.45) is 5.73 Å². The number of ether oxygens (including phenoxy) is 2. The van der Waals surface area contributed by atoms with Gasteiger partial charge in [0.1, 0.15) is 6.61 Å². The summed E-state index contributed by atoms with van der Waals surface area (Å²) in [5.74, 6) is -0.924. The van der Waals surface area contributed by atoms with Crippen molar-refractivity contribution in [2.45, 2.75) is 174 Å². The smallest absolute Gasteiger partial charge is 0.462 e. The predicted octanol–water partition coefficient (Wildman–Crippen LogP) is 16.7. The molecule has 0 radical (unpaired) electrons. The van der Waals surface area contributed by atoms with E-state index in [0.717, 1.165) is 128 Å². The van der Waals surface area contributed by atoms with Crippen molar-refractivity contribution < 1.29 is 37.6 Å². The highest BCUT2D eigenvalue weighted by atomic mass is 31.2. The van der Waals surface area contributed by atoms with E-state index in [-0.39, 0.29) is 32.6 Å². The Bertz CT molecular complexity index is 1760. The van der Waals surface area contributed by atoms with E-state index in [1.807, 2.05) is 0 Å². The molecule has 9 nitrogen and oxygen atoms in total. The van der Waals surface area contributed by atoms with Crippen LogP contribution in [0.25, 0.3) is 0 Å². The van der Waals surface area contributed by atoms with Crippen LogP contribution in [0.2, 0.25) is 0 Å². The molecule has 71 heavy (non-hydrogen) atoms. The molecule has 0 aliphatic carbocycles. The number of carbonyl (C=O) groups excluding carboxylic acids is 2. The minimum absolute atomic E-state index is 0.0316. The molecule has 0 spiro atoms. The van der Waals surface area contributed by atoms with Gasteiger partial charge in [0.2, 0.25) is 0 Å². The van der Waals surface area contributed by atoms with E-state index in [4.69, 9.17) is 24.3 Å². The summed E-state index contributed by atoms with van der Waals surface area (Å²) >= 11 is 0. The molecule has 0 aromatic carbocycles. The predicted molar refractivity (Wildman–Crippen MR) is 302 cm³/mol. The summed E-state index contributed by atoms with van der Waals surface area (Å²) in [6.07, 6.45) is 81.1. The highest BCUT2D eigenvalue weighted by Gasteiger charge is 2.26. The lowest BCUT2D eigenvalue weighted by Crippen LogP contribution is -2.29. The lowest BCUT2D eigenvalue weighted by molar-refractivity contribution is -0.161. The average molecular weight is 1000 g/mol. The Morgan fingerprint density at radius 3 is 1.06 bits per heavy atom. The van der Waals surface area contributed by atoms with Crippen LogP contribution in [0.15, 0.2) is 170 Å². The second-order valence-corrected chi connectivity index (χ2v) is 18.1. The minimum atomic E-state index is -4.42. The van der Waals surface area contributed by atoms with Crippen molar-refractivity contribution in [2.75, 3.05) is 26.4 Å². The van der Waals surface area contributed by atoms with Gasteiger partial charge in [-0.25, -0.2) is 4.57 Å². The topological polar surface area (TPSA) is 134 Å². The van der Waals surface area contributed by atoms with Crippen LogP contribution in [-0.2, 0) is 32.7 Å². The molecular weight excluding hydrogens is 906 g/mol. The van der Waals surface area contributed by atoms with Gasteiger partial charge in [0, 0.05) is 19.4 Å². The first kappa shape index (κ1) is 66.4. The van der Waals surface area contributed by atoms with Crippen LogP contribution >= 0.6 is 7.82 Å². The van der Waals surface area contributed by atoms with Crippen molar-refractivity contribution in [3.8, 4) is 0 Å². The number of carbonyl (C=O) groups is 2. The van der Waals surface area contributed by atoms with Crippen molar-refractivity contribution >= 4 is 19.8 Å². The van der Waals surface area contributed by atoms with Crippen LogP contribution in [0, 0.1) is 0 Å². The van der Waals surface area contributed by atoms with Gasteiger partial charge in [0.15, 0.2) is 6.10 Å². The maximum Gasteiger partial charge on any atom is 0.472 e. The lowest BCUT2D eigenvalue weighted by Gasteiger charge is -2.19. The Kier molecular flexibility index (Phi) is 51.1. The Morgan fingerprint density at radius 1 is 0.423 bits per heavy atom. The number of esters is 2. The van der Waals surface area contributed by atoms with E-state index in [9.17, 15) is 19.0 Å². The first-order chi connectivity index (χ1) is 34.8. The van der Waals surface area contributed by atoms with Gasteiger partial charge in [-0.3, -0.25) is 18.6 Å². The number of rotatable bonds is 47. The molecule has 2 unspecified atom stereocenters. The highest BCUT2D eigenvalue weighted by Crippen LogP contribution is 2.43. The number of hydrogen-bond donors (Lipinski definition) is 2. The minimum Gasteiger partial charge on any atom is -0.462 e. The number of phosphoric ester groups is 1. The summed E-state index contributed by atoms with van der Waals surface area (Å²) in [4.78, 5) is 35.1. The van der Waals surface area contributed by atoms with Crippen LogP contribution < -0.4 is 5.73 Å². The first-order valence-corrected chi connectivity index (χ1v) is 28.1. The van der Waals surface area contributed by atoms with Gasteiger partial charge in [-0.1, -0.05) is 197 Å². The zero-order valence-corrected chi connectivity index (χ0v) is 44.8. The Morgan fingerprint density at radius 2 is 0.732 bits per heavy atom. The standard InChI is InChI=1S/C61H94NO8P/c1-3-5-7-9-11-13-15-17-19-21-23-25-27-29-31-33-35-37-39-41-43-45-47-49-51-53-60(63)67-57-59(58-69-71(65,66)68-56-55-62)70-61(64)54-52-50-48-46-44-42-40-38-36-34-32-30-28-26-24-22-20-18-16-14-12-10-8-6-4-2/h5-8,11-14,17-20,23-26,29-32,35-38,41-44,59H,3-4,9-10,15-16,21-22,27-28,33-34,39-40,45-58,62H2,1-2H3,(H,65,66)/b7-5-,8-6-,13-11-,14-12-,19-17-,20-18-,25-23-,26-24-,31-29-,32-30-,37-35-,38-36-,43-41-,44-42-. The molecule has 0 aromatic heterocycles. The molecule has 0 saturated carbocycles. The molecule has 2 atom stereocenters. The van der Waals surface area contributed by atoms with Gasteiger partial charge < -0.3 is 20.1 Å². The summed E-state index contributed by atoms with van der Waals surface area (Å²) in [6, 6.07) is 0. The number of hydrogen-bond acceptors (Lipinski definition) is 8. The molecule has 0 bridgehead atoms. The highest BCUT2D eigenvalue weighted by molar-refractivity contribution is 7.47. The third-order valence-corrected chi connectivity index (χ3v) is 11.1. The molecule has 0 rings (SSSR count). The second kappa shape index (κ2) is 54.7. The fourth-order valence-electron chi connectivity index (χ4n) is 6.24. The normalized spacial score (nSPS) is 14.5. The summed E-state index contributed by atoms with van der Waals surface area (Å²) in [7, 11) is -4.42. The fraction of sp³-hybridized carbons (Fsp3) is 0.508. The number of allylic oxidation sites excluding steroid dienone is 28. The van der Waals surface area contributed by atoms with Gasteiger partial charge in [0.05, 0.1) is 13.2 Å². The monoisotopic (exact) mass is 1000 g/mol. The van der Waals surface area contributed by atoms with E-state index in [0.29, 0.717) is 12.8 Å². The fourth-order valence-corrected chi connectivity index (χ4v) is 7.00. The van der Waals surface area contributed by atoms with Crippen molar-refractivity contribution in [1.29, 1.82) is 0 Å². The molecule has 0 aromatic rings. The van der Waals surface area contributed by atoms with E-state index in [1.54, 1.807) is 0 Å². The van der Waals surface area contributed by atoms with E-state index in [1.165, 1.54) is 0 Å². The number of unbranched alkanes of at least 4 members (excludes halogenated alkanes) is 6. The van der Waals surface area contributed by atoms with Crippen molar-refractivity contribution in [3.05, 3.63) is 170 Å². The van der Waals surface area contributed by atoms with Gasteiger partial charge in [0.25, 0.3) is 0 Å². The number of nitrogens with two attached hydrogens (primary N) is 1. The molecule has 0 amide bonds. The molecule has 0 saturated heterocycles. The molecule has 396 valence electrons. The Hall–Kier alpha value is -4.63. The SMILES string of the molecule is CC/C=C\C/C=C\C/C=C\C/C=C\C/C=C\C/C=C\C/C=C\CCCCCC(=O)OCC(COP(=O)(O)OCCN)OC(=O)CCCCC/C=C\C/C=C\C/C=C\C/C=C\C/C=C\C/C=C\C/C=C\CC. The summed E-state index contributed by atoms with van der Waals surface area (Å²) in [5.41, 5.74) is 5.37. The third-order valence-electron chi connectivity index (χ3n) is 10.1. The van der Waals surface area contributed by atoms with Crippen LogP contribution in [0.5, 0.6) is 0 Å². The van der Waals surface area contributed by atoms with Gasteiger partial charge in [-0.05, 0) is 128 Å². The second-order valence-electron chi connectivity index (χ2n) is 16.6. The van der Waals surface area contributed by atoms with E-state index >= 15 is 0 Å². The summed E-state index contributed by atoms with van der Waals surface area (Å²) < 4.78 is 32.9. The maximum atomic E-state index is 12.7. The largest absolute Gasteiger partial charge is 0.472 e. The van der Waals surface area contributed by atoms with Crippen molar-refractivity contribution in [1.82, 2.24) is 0 Å². The Balaban J connectivity index is 4.25. The molecule has 0 aliphatic heterocycles. The summed E-state index contributed by atoms with van der Waals surface area (Å²) in [5, 5.41) is 0. The maximum absolute atomic E-state index is 12.7. The molecule has 10 heteroatoms. The van der Waals surface area contributed by atoms with Gasteiger partial charge in [-0.15, -0.1) is 0 Å². The van der Waals surface area contributed by atoms with Crippen LogP contribution in [0.4, 0.5) is 0 Å². The molecule has 0 fully saturated rings. The molecular formula is C61H94NO8P. The van der Waals surface area contributed by atoms with Crippen LogP contribution in [-0.4, -0.2) is 49.3 Å². The first-order valence-electron chi connectivity index (χ1n) is 26.6. The Labute approximate surface area is 431 Å². The van der Waals surface area contributed by atoms with E-state index in [2.05, 4.69) is 184 Å². The zero-order chi connectivity index (χ0) is 51.7. The number of phosphoric acid groups is 1. The van der Waals surface area contributed by atoms with Gasteiger partial charge in [-0.2, -0.15) is 0 Å². The molecule has 0 heterocycles. The van der Waals surface area contributed by atoms with Crippen LogP contribution in [0.1, 0.15) is 168 Å². The summed E-state index contributed by atoms with van der Waals surface area (Å²) in [6.45, 7) is 3.39. The van der Waals surface area contributed by atoms with Crippen LogP contribution in [0.3, 0.4) is 0 Å². The lowest BCUT2D eigenvalue weighted by atomic mass is 10.1. The third kappa shape index (κ3) is 54.6. The van der Waals surface area contributed by atoms with Crippen molar-refractivity contribution in [3.63, 3.8) is 0 Å². The molecule has 0 aliphatic rings. The van der Waals surface area contributed by atoms with Gasteiger partial charge >= 0.3 is 19.8 Å². The average Bonchev–Trinajstić information content (AvgIpc) is 3.36. The zero-order valence-electron chi connectivity index (χ0n) is 43.9. The molecule has 3 N–H and O–H groups in total. The van der Waals surface area contributed by atoms with E-state index < -0.39 is 32.5 Å². The quantitative estimate of drug-likeness (QED) is 0.0264.